The average Bonchev–Trinajstić information content (AvgIpc) is 2.88. The first-order valence-corrected chi connectivity index (χ1v) is 5.25. The number of nitrogens with one attached hydrogen (secondary N) is 1. The van der Waals surface area contributed by atoms with Gasteiger partial charge in [0, 0.05) is 28.0 Å². The van der Waals surface area contributed by atoms with Crippen LogP contribution >= 0.6 is 11.5 Å². The summed E-state index contributed by atoms with van der Waals surface area (Å²) in [6, 6.07) is 10.4. The summed E-state index contributed by atoms with van der Waals surface area (Å²) in [5.74, 6) is 0. The van der Waals surface area contributed by atoms with Gasteiger partial charge < -0.3 is 4.98 Å². The molecule has 0 radical (unpaired) electrons. The summed E-state index contributed by atoms with van der Waals surface area (Å²) in [5, 5.41) is 3.23. The van der Waals surface area contributed by atoms with Crippen molar-refractivity contribution in [3.05, 3.63) is 41.9 Å². The zero-order valence-corrected chi connectivity index (χ0v) is 8.21. The van der Waals surface area contributed by atoms with Crippen molar-refractivity contribution in [3.63, 3.8) is 0 Å². The number of hydrogen-bond donors (Lipinski definition) is 1. The lowest BCUT2D eigenvalue weighted by molar-refractivity contribution is 1.47. The minimum atomic E-state index is 1.05. The zero-order chi connectivity index (χ0) is 9.38. The summed E-state index contributed by atoms with van der Waals surface area (Å²) in [4.78, 5) is 3.17. The highest BCUT2D eigenvalue weighted by Gasteiger charge is 2.01. The largest absolute Gasteiger partial charge is 0.361 e. The molecule has 68 valence electrons. The minimum Gasteiger partial charge on any atom is -0.361 e. The zero-order valence-electron chi connectivity index (χ0n) is 7.40. The van der Waals surface area contributed by atoms with Gasteiger partial charge in [0.25, 0.3) is 0 Å². The standard InChI is InChI=1S/C11H8N2S/c1-2-10-9(3-5-12-10)7-8(1)11-4-6-14-13-11/h1-7,12H. The molecule has 0 saturated heterocycles. The van der Waals surface area contributed by atoms with Gasteiger partial charge >= 0.3 is 0 Å². The Bertz CT molecular complexity index is 551. The maximum Gasteiger partial charge on any atom is 0.0840 e. The van der Waals surface area contributed by atoms with E-state index < -0.39 is 0 Å². The van der Waals surface area contributed by atoms with Crippen LogP contribution in [-0.4, -0.2) is 9.36 Å². The second-order valence-electron chi connectivity index (χ2n) is 3.16. The van der Waals surface area contributed by atoms with E-state index in [1.807, 2.05) is 17.6 Å². The lowest BCUT2D eigenvalue weighted by Crippen LogP contribution is -1.75. The summed E-state index contributed by atoms with van der Waals surface area (Å²) in [6.07, 6.45) is 1.95. The second-order valence-corrected chi connectivity index (χ2v) is 3.83. The fraction of sp³-hybridized carbons (Fsp3) is 0. The molecule has 0 fully saturated rings. The molecule has 0 unspecified atom stereocenters. The van der Waals surface area contributed by atoms with Crippen molar-refractivity contribution in [2.75, 3.05) is 0 Å². The lowest BCUT2D eigenvalue weighted by Gasteiger charge is -1.96. The molecule has 0 saturated carbocycles. The van der Waals surface area contributed by atoms with Gasteiger partial charge in [-0.15, -0.1) is 0 Å². The molecular formula is C11H8N2S. The Morgan fingerprint density at radius 3 is 3.00 bits per heavy atom. The van der Waals surface area contributed by atoms with Gasteiger partial charge in [-0.2, -0.15) is 4.37 Å². The van der Waals surface area contributed by atoms with Crippen LogP contribution in [0.5, 0.6) is 0 Å². The smallest absolute Gasteiger partial charge is 0.0840 e. The SMILES string of the molecule is c1cc2cc(-c3ccsn3)ccc2[nH]1. The Balaban J connectivity index is 2.23. The Morgan fingerprint density at radius 1 is 1.14 bits per heavy atom. The first-order valence-electron chi connectivity index (χ1n) is 4.41. The quantitative estimate of drug-likeness (QED) is 0.641. The number of benzene rings is 1. The van der Waals surface area contributed by atoms with Crippen LogP contribution in [0.1, 0.15) is 0 Å². The van der Waals surface area contributed by atoms with Gasteiger partial charge in [0.1, 0.15) is 0 Å². The summed E-state index contributed by atoms with van der Waals surface area (Å²) in [5.41, 5.74) is 3.40. The van der Waals surface area contributed by atoms with Gasteiger partial charge in [0.05, 0.1) is 5.69 Å². The molecule has 2 heterocycles. The fourth-order valence-electron chi connectivity index (χ4n) is 1.57. The first kappa shape index (κ1) is 7.76. The number of nitrogens with zero attached hydrogens (tertiary/aromatic N) is 1. The highest BCUT2D eigenvalue weighted by atomic mass is 32.1. The maximum atomic E-state index is 4.31. The summed E-state index contributed by atoms with van der Waals surface area (Å²) >= 11 is 1.48. The van der Waals surface area contributed by atoms with Gasteiger partial charge in [0.15, 0.2) is 0 Å². The molecule has 0 bridgehead atoms. The number of rotatable bonds is 1. The summed E-state index contributed by atoms with van der Waals surface area (Å²) in [6.45, 7) is 0. The van der Waals surface area contributed by atoms with E-state index in [1.165, 1.54) is 28.0 Å². The summed E-state index contributed by atoms with van der Waals surface area (Å²) < 4.78 is 4.31. The average molecular weight is 200 g/mol. The Labute approximate surface area is 85.4 Å². The van der Waals surface area contributed by atoms with Crippen molar-refractivity contribution in [2.45, 2.75) is 0 Å². The maximum absolute atomic E-state index is 4.31. The number of fused-ring (bicyclic) bond motifs is 1. The molecule has 0 amide bonds. The fourth-order valence-corrected chi connectivity index (χ4v) is 2.10. The molecule has 1 N–H and O–H groups in total. The van der Waals surface area contributed by atoms with Gasteiger partial charge in [-0.3, -0.25) is 0 Å². The molecule has 0 aliphatic carbocycles. The third kappa shape index (κ3) is 1.14. The van der Waals surface area contributed by atoms with Crippen molar-refractivity contribution in [3.8, 4) is 11.3 Å². The van der Waals surface area contributed by atoms with Gasteiger partial charge in [-0.05, 0) is 35.8 Å². The van der Waals surface area contributed by atoms with Crippen LogP contribution in [0.2, 0.25) is 0 Å². The molecule has 0 atom stereocenters. The van der Waals surface area contributed by atoms with Crippen LogP contribution in [0, 0.1) is 0 Å². The molecule has 14 heavy (non-hydrogen) atoms. The highest BCUT2D eigenvalue weighted by molar-refractivity contribution is 7.03. The molecule has 2 nitrogen and oxygen atoms in total. The van der Waals surface area contributed by atoms with E-state index in [4.69, 9.17) is 0 Å². The lowest BCUT2D eigenvalue weighted by atomic mass is 10.1. The van der Waals surface area contributed by atoms with Crippen LogP contribution in [0.15, 0.2) is 41.9 Å². The van der Waals surface area contributed by atoms with Gasteiger partial charge in [-0.25, -0.2) is 0 Å². The van der Waals surface area contributed by atoms with Crippen molar-refractivity contribution in [2.24, 2.45) is 0 Å². The first-order chi connectivity index (χ1) is 6.93. The van der Waals surface area contributed by atoms with Crippen LogP contribution in [0.4, 0.5) is 0 Å². The molecule has 3 heteroatoms. The van der Waals surface area contributed by atoms with E-state index in [-0.39, 0.29) is 0 Å². The van der Waals surface area contributed by atoms with Crippen molar-refractivity contribution in [1.29, 1.82) is 0 Å². The molecule has 2 aromatic heterocycles. The van der Waals surface area contributed by atoms with Crippen molar-refractivity contribution in [1.82, 2.24) is 9.36 Å². The van der Waals surface area contributed by atoms with E-state index in [1.54, 1.807) is 0 Å². The predicted octanol–water partition coefficient (Wildman–Crippen LogP) is 3.29. The molecule has 0 spiro atoms. The topological polar surface area (TPSA) is 28.7 Å². The third-order valence-electron chi connectivity index (χ3n) is 2.29. The normalized spacial score (nSPS) is 10.9. The number of aromatic nitrogens is 2. The van der Waals surface area contributed by atoms with Crippen LogP contribution in [0.25, 0.3) is 22.2 Å². The van der Waals surface area contributed by atoms with E-state index >= 15 is 0 Å². The Morgan fingerprint density at radius 2 is 2.14 bits per heavy atom. The monoisotopic (exact) mass is 200 g/mol. The molecule has 3 rings (SSSR count). The van der Waals surface area contributed by atoms with E-state index in [9.17, 15) is 0 Å². The second kappa shape index (κ2) is 2.96. The van der Waals surface area contributed by atoms with Gasteiger partial charge in [0.2, 0.25) is 0 Å². The van der Waals surface area contributed by atoms with E-state index in [0.717, 1.165) is 5.69 Å². The number of aromatic amines is 1. The van der Waals surface area contributed by atoms with E-state index in [2.05, 4.69) is 33.6 Å². The van der Waals surface area contributed by atoms with Crippen LogP contribution in [0.3, 0.4) is 0 Å². The van der Waals surface area contributed by atoms with Crippen molar-refractivity contribution >= 4 is 22.4 Å². The summed E-state index contributed by atoms with van der Waals surface area (Å²) in [7, 11) is 0. The molecule has 0 aliphatic rings. The number of hydrogen-bond acceptors (Lipinski definition) is 2. The molecule has 1 aromatic carbocycles. The van der Waals surface area contributed by atoms with E-state index in [0.29, 0.717) is 0 Å². The minimum absolute atomic E-state index is 1.05. The number of H-pyrrole nitrogens is 1. The molecular weight excluding hydrogens is 192 g/mol. The Hall–Kier alpha value is -1.61. The third-order valence-corrected chi connectivity index (χ3v) is 2.85. The Kier molecular flexibility index (Phi) is 1.64. The highest BCUT2D eigenvalue weighted by Crippen LogP contribution is 2.23. The predicted molar refractivity (Wildman–Crippen MR) is 59.4 cm³/mol. The van der Waals surface area contributed by atoms with Gasteiger partial charge in [-0.1, -0.05) is 6.07 Å². The molecule has 3 aromatic rings. The van der Waals surface area contributed by atoms with Crippen LogP contribution < -0.4 is 0 Å². The van der Waals surface area contributed by atoms with Crippen LogP contribution in [-0.2, 0) is 0 Å². The molecule has 0 aliphatic heterocycles. The van der Waals surface area contributed by atoms with Crippen molar-refractivity contribution < 1.29 is 0 Å².